The highest BCUT2D eigenvalue weighted by Gasteiger charge is 2.44. The zero-order chi connectivity index (χ0) is 13.9. The van der Waals surface area contributed by atoms with Crippen LogP contribution < -0.4 is 5.73 Å². The number of hydrogen-bond acceptors (Lipinski definition) is 4. The van der Waals surface area contributed by atoms with E-state index in [1.807, 2.05) is 30.0 Å². The van der Waals surface area contributed by atoms with Crippen molar-refractivity contribution in [2.24, 2.45) is 5.41 Å². The highest BCUT2D eigenvalue weighted by molar-refractivity contribution is 7.99. The van der Waals surface area contributed by atoms with Gasteiger partial charge in [0, 0.05) is 16.7 Å². The molecule has 1 saturated carbocycles. The summed E-state index contributed by atoms with van der Waals surface area (Å²) in [7, 11) is 1.46. The number of thioether (sulfide) groups is 1. The van der Waals surface area contributed by atoms with E-state index in [0.29, 0.717) is 11.7 Å². The van der Waals surface area contributed by atoms with Crippen LogP contribution >= 0.6 is 11.8 Å². The minimum absolute atomic E-state index is 0.0882. The van der Waals surface area contributed by atoms with E-state index >= 15 is 0 Å². The van der Waals surface area contributed by atoms with Gasteiger partial charge in [0.05, 0.1) is 13.5 Å². The summed E-state index contributed by atoms with van der Waals surface area (Å²) in [6, 6.07) is 8.02. The van der Waals surface area contributed by atoms with Gasteiger partial charge < -0.3 is 10.5 Å². The summed E-state index contributed by atoms with van der Waals surface area (Å²) in [5.74, 6) is 0.924. The second-order valence-electron chi connectivity index (χ2n) is 5.38. The average molecular weight is 279 g/mol. The molecule has 19 heavy (non-hydrogen) atoms. The Morgan fingerprint density at radius 3 is 2.84 bits per heavy atom. The summed E-state index contributed by atoms with van der Waals surface area (Å²) < 4.78 is 4.77. The van der Waals surface area contributed by atoms with Crippen molar-refractivity contribution in [1.82, 2.24) is 0 Å². The molecule has 0 aliphatic heterocycles. The zero-order valence-electron chi connectivity index (χ0n) is 11.5. The van der Waals surface area contributed by atoms with E-state index in [-0.39, 0.29) is 11.4 Å². The molecule has 0 amide bonds. The van der Waals surface area contributed by atoms with E-state index in [2.05, 4.69) is 13.0 Å². The van der Waals surface area contributed by atoms with Gasteiger partial charge in [0.2, 0.25) is 0 Å². The number of benzene rings is 1. The van der Waals surface area contributed by atoms with Crippen LogP contribution in [0.3, 0.4) is 0 Å². The van der Waals surface area contributed by atoms with Gasteiger partial charge in [-0.2, -0.15) is 11.8 Å². The Bertz CT molecular complexity index is 457. The quantitative estimate of drug-likeness (QED) is 0.640. The molecule has 0 heterocycles. The second kappa shape index (κ2) is 5.87. The van der Waals surface area contributed by atoms with E-state index in [1.165, 1.54) is 12.7 Å². The minimum Gasteiger partial charge on any atom is -0.469 e. The molecule has 1 atom stereocenters. The number of nitrogens with two attached hydrogens (primary N) is 1. The molecule has 3 nitrogen and oxygen atoms in total. The summed E-state index contributed by atoms with van der Waals surface area (Å²) in [5.41, 5.74) is 8.05. The Morgan fingerprint density at radius 2 is 2.26 bits per heavy atom. The molecule has 1 aromatic rings. The van der Waals surface area contributed by atoms with Crippen molar-refractivity contribution < 1.29 is 9.53 Å². The second-order valence-corrected chi connectivity index (χ2v) is 6.71. The normalized spacial score (nSPS) is 17.8. The zero-order valence-corrected chi connectivity index (χ0v) is 12.3. The van der Waals surface area contributed by atoms with E-state index < -0.39 is 0 Å². The first-order valence-corrected chi connectivity index (χ1v) is 7.63. The fourth-order valence-electron chi connectivity index (χ4n) is 2.14. The molecule has 0 aromatic heterocycles. The van der Waals surface area contributed by atoms with Crippen LogP contribution in [0, 0.1) is 5.41 Å². The monoisotopic (exact) mass is 279 g/mol. The van der Waals surface area contributed by atoms with Gasteiger partial charge in [-0.3, -0.25) is 4.79 Å². The molecule has 4 heteroatoms. The van der Waals surface area contributed by atoms with E-state index in [0.717, 1.165) is 24.3 Å². The fourth-order valence-corrected chi connectivity index (χ4v) is 3.47. The third-order valence-electron chi connectivity index (χ3n) is 3.72. The molecule has 1 aliphatic carbocycles. The predicted octanol–water partition coefficient (Wildman–Crippen LogP) is 3.41. The molecule has 1 fully saturated rings. The Kier molecular flexibility index (Phi) is 4.40. The van der Waals surface area contributed by atoms with E-state index in [9.17, 15) is 4.79 Å². The van der Waals surface area contributed by atoms with E-state index in [1.54, 1.807) is 0 Å². The van der Waals surface area contributed by atoms with Crippen LogP contribution in [0.2, 0.25) is 0 Å². The lowest BCUT2D eigenvalue weighted by atomic mass is 10.1. The molecule has 0 spiro atoms. The standard InChI is InChI=1S/C15H21NO2S/c1-11(12-4-3-5-13(16)8-12)19-10-15(6-7-15)9-14(17)18-2/h3-5,8,11H,6-7,9-10,16H2,1-2H3. The minimum atomic E-state index is -0.0882. The van der Waals surface area contributed by atoms with Crippen molar-refractivity contribution in [3.63, 3.8) is 0 Å². The number of nitrogen functional groups attached to an aromatic ring is 1. The van der Waals surface area contributed by atoms with Crippen LogP contribution in [0.25, 0.3) is 0 Å². The number of anilines is 1. The molecule has 1 aromatic carbocycles. The Labute approximate surface area is 118 Å². The van der Waals surface area contributed by atoms with Gasteiger partial charge in [-0.25, -0.2) is 0 Å². The fraction of sp³-hybridized carbons (Fsp3) is 0.533. The number of ether oxygens (including phenoxy) is 1. The number of methoxy groups -OCH3 is 1. The Morgan fingerprint density at radius 1 is 1.53 bits per heavy atom. The molecule has 1 aliphatic rings. The molecule has 0 saturated heterocycles. The largest absolute Gasteiger partial charge is 0.469 e. The van der Waals surface area contributed by atoms with Crippen molar-refractivity contribution in [2.45, 2.75) is 31.4 Å². The maximum atomic E-state index is 11.4. The molecular weight excluding hydrogens is 258 g/mol. The first-order valence-electron chi connectivity index (χ1n) is 6.58. The van der Waals surface area contributed by atoms with Gasteiger partial charge in [0.25, 0.3) is 0 Å². The Balaban J connectivity index is 1.87. The van der Waals surface area contributed by atoms with Crippen molar-refractivity contribution in [3.05, 3.63) is 29.8 Å². The highest BCUT2D eigenvalue weighted by atomic mass is 32.2. The van der Waals surface area contributed by atoms with Crippen molar-refractivity contribution in [3.8, 4) is 0 Å². The first-order chi connectivity index (χ1) is 9.04. The van der Waals surface area contributed by atoms with Crippen LogP contribution in [-0.4, -0.2) is 18.8 Å². The highest BCUT2D eigenvalue weighted by Crippen LogP contribution is 2.52. The number of carbonyl (C=O) groups excluding carboxylic acids is 1. The SMILES string of the molecule is COC(=O)CC1(CSC(C)c2cccc(N)c2)CC1. The smallest absolute Gasteiger partial charge is 0.306 e. The lowest BCUT2D eigenvalue weighted by molar-refractivity contribution is -0.141. The van der Waals surface area contributed by atoms with Gasteiger partial charge in [-0.15, -0.1) is 0 Å². The molecule has 104 valence electrons. The van der Waals surface area contributed by atoms with Crippen LogP contribution in [0.15, 0.2) is 24.3 Å². The third-order valence-corrected chi connectivity index (χ3v) is 5.27. The van der Waals surface area contributed by atoms with Crippen LogP contribution in [-0.2, 0) is 9.53 Å². The predicted molar refractivity (Wildman–Crippen MR) is 80.0 cm³/mol. The number of hydrogen-bond donors (Lipinski definition) is 1. The van der Waals surface area contributed by atoms with Gasteiger partial charge >= 0.3 is 5.97 Å². The van der Waals surface area contributed by atoms with Crippen molar-refractivity contribution in [1.29, 1.82) is 0 Å². The molecule has 0 bridgehead atoms. The average Bonchev–Trinajstić information content (AvgIpc) is 3.16. The van der Waals surface area contributed by atoms with Crippen molar-refractivity contribution >= 4 is 23.4 Å². The molecular formula is C15H21NO2S. The number of carbonyl (C=O) groups is 1. The molecule has 2 N–H and O–H groups in total. The summed E-state index contributed by atoms with van der Waals surface area (Å²) in [4.78, 5) is 11.4. The topological polar surface area (TPSA) is 52.3 Å². The summed E-state index contributed by atoms with van der Waals surface area (Å²) in [5, 5.41) is 0.402. The van der Waals surface area contributed by atoms with Gasteiger partial charge in [-0.05, 0) is 42.9 Å². The van der Waals surface area contributed by atoms with Gasteiger partial charge in [0.1, 0.15) is 0 Å². The lowest BCUT2D eigenvalue weighted by Crippen LogP contribution is -2.13. The van der Waals surface area contributed by atoms with Gasteiger partial charge in [0.15, 0.2) is 0 Å². The van der Waals surface area contributed by atoms with E-state index in [4.69, 9.17) is 10.5 Å². The molecule has 2 rings (SSSR count). The maximum Gasteiger partial charge on any atom is 0.306 e. The van der Waals surface area contributed by atoms with Crippen LogP contribution in [0.5, 0.6) is 0 Å². The Hall–Kier alpha value is -1.16. The third kappa shape index (κ3) is 3.90. The van der Waals surface area contributed by atoms with Gasteiger partial charge in [-0.1, -0.05) is 12.1 Å². The molecule has 1 unspecified atom stereocenters. The summed E-state index contributed by atoms with van der Waals surface area (Å²) in [6.07, 6.45) is 2.83. The maximum absolute atomic E-state index is 11.4. The molecule has 0 radical (unpaired) electrons. The lowest BCUT2D eigenvalue weighted by Gasteiger charge is -2.17. The van der Waals surface area contributed by atoms with Crippen LogP contribution in [0.4, 0.5) is 5.69 Å². The number of rotatable bonds is 6. The number of esters is 1. The summed E-state index contributed by atoms with van der Waals surface area (Å²) in [6.45, 7) is 2.19. The van der Waals surface area contributed by atoms with Crippen molar-refractivity contribution in [2.75, 3.05) is 18.6 Å². The first kappa shape index (κ1) is 14.3. The van der Waals surface area contributed by atoms with Crippen LogP contribution in [0.1, 0.15) is 37.0 Å². The summed E-state index contributed by atoms with van der Waals surface area (Å²) >= 11 is 1.90.